The lowest BCUT2D eigenvalue weighted by Gasteiger charge is -2.37. The molecule has 0 atom stereocenters. The monoisotopic (exact) mass is 217 g/mol. The Kier molecular flexibility index (Phi) is 2.85. The maximum absolute atomic E-state index is 12.1. The van der Waals surface area contributed by atoms with Gasteiger partial charge in [-0.2, -0.15) is 0 Å². The zero-order valence-electron chi connectivity index (χ0n) is 10.0. The van der Waals surface area contributed by atoms with Crippen LogP contribution in [0.3, 0.4) is 0 Å². The molecule has 86 valence electrons. The number of rotatable bonds is 3. The second-order valence-electron chi connectivity index (χ2n) is 5.19. The van der Waals surface area contributed by atoms with E-state index in [2.05, 4.69) is 6.07 Å². The standard InChI is InChI=1S/C14H19NO/c1-10-6-11(2)8-12(7-10)13(16)9-14(15)4-3-5-14/h6-8H,3-5,9,15H2,1-2H3. The molecule has 1 aliphatic carbocycles. The lowest BCUT2D eigenvalue weighted by atomic mass is 9.73. The summed E-state index contributed by atoms with van der Waals surface area (Å²) in [6, 6.07) is 5.99. The van der Waals surface area contributed by atoms with Gasteiger partial charge in [-0.3, -0.25) is 4.79 Å². The second-order valence-corrected chi connectivity index (χ2v) is 5.19. The summed E-state index contributed by atoms with van der Waals surface area (Å²) in [4.78, 5) is 12.1. The average Bonchev–Trinajstić information content (AvgIpc) is 2.13. The molecule has 0 spiro atoms. The minimum atomic E-state index is -0.214. The molecule has 1 aromatic carbocycles. The molecule has 1 aromatic rings. The van der Waals surface area contributed by atoms with E-state index in [0.29, 0.717) is 6.42 Å². The Balaban J connectivity index is 2.14. The van der Waals surface area contributed by atoms with Crippen LogP contribution >= 0.6 is 0 Å². The molecule has 0 bridgehead atoms. The van der Waals surface area contributed by atoms with E-state index in [9.17, 15) is 4.79 Å². The summed E-state index contributed by atoms with van der Waals surface area (Å²) < 4.78 is 0. The second kappa shape index (κ2) is 4.02. The van der Waals surface area contributed by atoms with Crippen molar-refractivity contribution in [2.75, 3.05) is 0 Å². The zero-order valence-corrected chi connectivity index (χ0v) is 10.0. The molecular weight excluding hydrogens is 198 g/mol. The summed E-state index contributed by atoms with van der Waals surface area (Å²) in [5.74, 6) is 0.189. The van der Waals surface area contributed by atoms with E-state index in [4.69, 9.17) is 5.73 Å². The van der Waals surface area contributed by atoms with Crippen molar-refractivity contribution in [3.63, 3.8) is 0 Å². The van der Waals surface area contributed by atoms with Gasteiger partial charge in [0.1, 0.15) is 0 Å². The Labute approximate surface area is 96.8 Å². The predicted octanol–water partition coefficient (Wildman–Crippen LogP) is 2.76. The number of carbonyl (C=O) groups is 1. The van der Waals surface area contributed by atoms with Crippen molar-refractivity contribution >= 4 is 5.78 Å². The molecule has 2 N–H and O–H groups in total. The van der Waals surface area contributed by atoms with Gasteiger partial charge in [0.15, 0.2) is 5.78 Å². The van der Waals surface area contributed by atoms with Crippen LogP contribution in [0.2, 0.25) is 0 Å². The molecule has 16 heavy (non-hydrogen) atoms. The third kappa shape index (κ3) is 2.33. The first-order valence-electron chi connectivity index (χ1n) is 5.89. The van der Waals surface area contributed by atoms with Crippen molar-refractivity contribution < 1.29 is 4.79 Å². The molecule has 0 heterocycles. The Bertz CT molecular complexity index is 398. The van der Waals surface area contributed by atoms with Gasteiger partial charge in [-0.05, 0) is 45.2 Å². The summed E-state index contributed by atoms with van der Waals surface area (Å²) in [7, 11) is 0. The highest BCUT2D eigenvalue weighted by Crippen LogP contribution is 2.33. The van der Waals surface area contributed by atoms with Crippen molar-refractivity contribution in [3.05, 3.63) is 34.9 Å². The van der Waals surface area contributed by atoms with E-state index in [1.807, 2.05) is 26.0 Å². The van der Waals surface area contributed by atoms with Crippen LogP contribution in [0.5, 0.6) is 0 Å². The summed E-state index contributed by atoms with van der Waals surface area (Å²) in [6.45, 7) is 4.04. The number of hydrogen-bond acceptors (Lipinski definition) is 2. The summed E-state index contributed by atoms with van der Waals surface area (Å²) >= 11 is 0. The fourth-order valence-corrected chi connectivity index (χ4v) is 2.37. The fourth-order valence-electron chi connectivity index (χ4n) is 2.37. The average molecular weight is 217 g/mol. The topological polar surface area (TPSA) is 43.1 Å². The van der Waals surface area contributed by atoms with Crippen LogP contribution in [0.25, 0.3) is 0 Å². The van der Waals surface area contributed by atoms with E-state index in [1.54, 1.807) is 0 Å². The normalized spacial score (nSPS) is 17.9. The highest BCUT2D eigenvalue weighted by molar-refractivity contribution is 5.97. The molecule has 1 aliphatic rings. The minimum absolute atomic E-state index is 0.189. The Morgan fingerprint density at radius 2 is 1.81 bits per heavy atom. The van der Waals surface area contributed by atoms with Gasteiger partial charge in [0.05, 0.1) is 0 Å². The lowest BCUT2D eigenvalue weighted by Crippen LogP contribution is -2.48. The maximum Gasteiger partial charge on any atom is 0.164 e. The van der Waals surface area contributed by atoms with Crippen molar-refractivity contribution in [1.82, 2.24) is 0 Å². The summed E-state index contributed by atoms with van der Waals surface area (Å²) in [5.41, 5.74) is 8.98. The first kappa shape index (κ1) is 11.3. The molecule has 0 amide bonds. The van der Waals surface area contributed by atoms with Gasteiger partial charge in [0.2, 0.25) is 0 Å². The van der Waals surface area contributed by atoms with Crippen LogP contribution in [0.15, 0.2) is 18.2 Å². The number of ketones is 1. The maximum atomic E-state index is 12.1. The van der Waals surface area contributed by atoms with E-state index in [-0.39, 0.29) is 11.3 Å². The third-order valence-electron chi connectivity index (χ3n) is 3.41. The number of Topliss-reactive ketones (excluding diaryl/α,β-unsaturated/α-hetero) is 1. The quantitative estimate of drug-likeness (QED) is 0.791. The van der Waals surface area contributed by atoms with Gasteiger partial charge < -0.3 is 5.73 Å². The van der Waals surface area contributed by atoms with Crippen LogP contribution in [-0.2, 0) is 0 Å². The third-order valence-corrected chi connectivity index (χ3v) is 3.41. The van der Waals surface area contributed by atoms with Crippen molar-refractivity contribution in [2.45, 2.75) is 45.1 Å². The first-order chi connectivity index (χ1) is 7.48. The SMILES string of the molecule is Cc1cc(C)cc(C(=O)CC2(N)CCC2)c1. The van der Waals surface area contributed by atoms with Gasteiger partial charge in [0, 0.05) is 17.5 Å². The van der Waals surface area contributed by atoms with Crippen LogP contribution in [0.1, 0.15) is 47.2 Å². The molecule has 0 saturated heterocycles. The number of benzene rings is 1. The van der Waals surface area contributed by atoms with Crippen LogP contribution in [-0.4, -0.2) is 11.3 Å². The fraction of sp³-hybridized carbons (Fsp3) is 0.500. The van der Waals surface area contributed by atoms with Gasteiger partial charge in [0.25, 0.3) is 0 Å². The van der Waals surface area contributed by atoms with Crippen molar-refractivity contribution in [1.29, 1.82) is 0 Å². The Hall–Kier alpha value is -1.15. The Morgan fingerprint density at radius 3 is 2.25 bits per heavy atom. The Morgan fingerprint density at radius 1 is 1.25 bits per heavy atom. The van der Waals surface area contributed by atoms with Crippen LogP contribution in [0.4, 0.5) is 0 Å². The molecule has 2 rings (SSSR count). The molecule has 1 fully saturated rings. The molecule has 0 aromatic heterocycles. The minimum Gasteiger partial charge on any atom is -0.325 e. The van der Waals surface area contributed by atoms with Gasteiger partial charge in [-0.15, -0.1) is 0 Å². The smallest absolute Gasteiger partial charge is 0.164 e. The number of carbonyl (C=O) groups excluding carboxylic acids is 1. The predicted molar refractivity (Wildman–Crippen MR) is 65.6 cm³/mol. The molecule has 1 saturated carbocycles. The van der Waals surface area contributed by atoms with Crippen molar-refractivity contribution in [2.24, 2.45) is 5.73 Å². The first-order valence-corrected chi connectivity index (χ1v) is 5.89. The molecule has 0 radical (unpaired) electrons. The number of nitrogens with two attached hydrogens (primary N) is 1. The van der Waals surface area contributed by atoms with E-state index >= 15 is 0 Å². The summed E-state index contributed by atoms with van der Waals surface area (Å²) in [5, 5.41) is 0. The lowest BCUT2D eigenvalue weighted by molar-refractivity contribution is 0.0912. The summed E-state index contributed by atoms with van der Waals surface area (Å²) in [6.07, 6.45) is 3.64. The highest BCUT2D eigenvalue weighted by atomic mass is 16.1. The van der Waals surface area contributed by atoms with Gasteiger partial charge >= 0.3 is 0 Å². The van der Waals surface area contributed by atoms with E-state index < -0.39 is 0 Å². The van der Waals surface area contributed by atoms with Crippen molar-refractivity contribution in [3.8, 4) is 0 Å². The van der Waals surface area contributed by atoms with Gasteiger partial charge in [-0.1, -0.05) is 17.2 Å². The molecule has 2 nitrogen and oxygen atoms in total. The van der Waals surface area contributed by atoms with Crippen LogP contribution in [0, 0.1) is 13.8 Å². The highest BCUT2D eigenvalue weighted by Gasteiger charge is 2.34. The van der Waals surface area contributed by atoms with Crippen LogP contribution < -0.4 is 5.73 Å². The van der Waals surface area contributed by atoms with E-state index in [0.717, 1.165) is 36.0 Å². The number of hydrogen-bond donors (Lipinski definition) is 1. The molecule has 0 aliphatic heterocycles. The van der Waals surface area contributed by atoms with Gasteiger partial charge in [-0.25, -0.2) is 0 Å². The number of aryl methyl sites for hydroxylation is 2. The molecule has 0 unspecified atom stereocenters. The molecular formula is C14H19NO. The van der Waals surface area contributed by atoms with E-state index in [1.165, 1.54) is 0 Å². The zero-order chi connectivity index (χ0) is 11.8. The molecule has 2 heteroatoms. The largest absolute Gasteiger partial charge is 0.325 e.